The summed E-state index contributed by atoms with van der Waals surface area (Å²) in [7, 11) is 1.74. The topological polar surface area (TPSA) is 78.7 Å². The van der Waals surface area contributed by atoms with Crippen LogP contribution in [0.25, 0.3) is 0 Å². The Morgan fingerprint density at radius 3 is 2.85 bits per heavy atom. The van der Waals surface area contributed by atoms with E-state index in [1.807, 2.05) is 0 Å². The second-order valence-corrected chi connectivity index (χ2v) is 4.81. The van der Waals surface area contributed by atoms with Gasteiger partial charge in [0.15, 0.2) is 0 Å². The van der Waals surface area contributed by atoms with Gasteiger partial charge in [-0.05, 0) is 18.2 Å². The summed E-state index contributed by atoms with van der Waals surface area (Å²) in [5, 5.41) is 2.61. The Morgan fingerprint density at radius 1 is 1.45 bits per heavy atom. The third-order valence-corrected chi connectivity index (χ3v) is 3.19. The molecule has 0 atom stereocenters. The van der Waals surface area contributed by atoms with Gasteiger partial charge < -0.3 is 16.0 Å². The molecule has 1 aliphatic rings. The van der Waals surface area contributed by atoms with Gasteiger partial charge in [0.05, 0.1) is 24.5 Å². The van der Waals surface area contributed by atoms with Gasteiger partial charge in [-0.2, -0.15) is 0 Å². The Bertz CT molecular complexity index is 535. The van der Waals surface area contributed by atoms with Crippen LogP contribution >= 0.6 is 0 Å². The van der Waals surface area contributed by atoms with Gasteiger partial charge in [-0.1, -0.05) is 0 Å². The van der Waals surface area contributed by atoms with Crippen LogP contribution < -0.4 is 11.1 Å². The van der Waals surface area contributed by atoms with Crippen LogP contribution in [0.3, 0.4) is 0 Å². The van der Waals surface area contributed by atoms with Gasteiger partial charge in [0, 0.05) is 20.1 Å². The van der Waals surface area contributed by atoms with E-state index in [9.17, 15) is 14.0 Å². The molecule has 1 fully saturated rings. The maximum absolute atomic E-state index is 12.9. The predicted molar refractivity (Wildman–Crippen MR) is 73.5 cm³/mol. The molecule has 0 aliphatic carbocycles. The lowest BCUT2D eigenvalue weighted by atomic mass is 10.2. The lowest BCUT2D eigenvalue weighted by Gasteiger charge is -2.31. The number of likely N-dealkylation sites (N-methyl/N-ethyl adjacent to an activating group) is 1. The molecule has 3 N–H and O–H groups in total. The van der Waals surface area contributed by atoms with Crippen LogP contribution in [0.4, 0.5) is 15.8 Å². The lowest BCUT2D eigenvalue weighted by molar-refractivity contribution is -0.135. The zero-order valence-electron chi connectivity index (χ0n) is 11.2. The molecule has 1 aliphatic heterocycles. The van der Waals surface area contributed by atoms with E-state index in [1.165, 1.54) is 12.1 Å². The molecular weight excluding hydrogens is 263 g/mol. The Hall–Kier alpha value is -2.15. The molecule has 7 heteroatoms. The number of anilines is 2. The van der Waals surface area contributed by atoms with Crippen molar-refractivity contribution in [3.8, 4) is 0 Å². The Balaban J connectivity index is 1.91. The van der Waals surface area contributed by atoms with Crippen LogP contribution in [-0.2, 0) is 9.59 Å². The number of hydrogen-bond donors (Lipinski definition) is 2. The van der Waals surface area contributed by atoms with E-state index in [2.05, 4.69) is 5.32 Å². The van der Waals surface area contributed by atoms with Crippen LogP contribution in [0.15, 0.2) is 18.2 Å². The molecule has 0 bridgehead atoms. The van der Waals surface area contributed by atoms with E-state index in [0.717, 1.165) is 6.07 Å². The first kappa shape index (κ1) is 14.3. The van der Waals surface area contributed by atoms with Crippen molar-refractivity contribution in [2.45, 2.75) is 0 Å². The molecular formula is C13H17FN4O2. The van der Waals surface area contributed by atoms with Gasteiger partial charge in [0.1, 0.15) is 5.82 Å². The van der Waals surface area contributed by atoms with E-state index in [0.29, 0.717) is 18.8 Å². The van der Waals surface area contributed by atoms with Crippen molar-refractivity contribution in [2.24, 2.45) is 0 Å². The first-order valence-electron chi connectivity index (χ1n) is 6.27. The molecule has 108 valence electrons. The highest BCUT2D eigenvalue weighted by atomic mass is 19.1. The highest BCUT2D eigenvalue weighted by Crippen LogP contribution is 2.18. The number of carbonyl (C=O) groups is 2. The van der Waals surface area contributed by atoms with Gasteiger partial charge >= 0.3 is 0 Å². The number of nitrogens with two attached hydrogens (primary N) is 1. The summed E-state index contributed by atoms with van der Waals surface area (Å²) in [5.41, 5.74) is 6.16. The number of piperazine rings is 1. The van der Waals surface area contributed by atoms with Gasteiger partial charge in [0.25, 0.3) is 0 Å². The van der Waals surface area contributed by atoms with Gasteiger partial charge in [-0.25, -0.2) is 4.39 Å². The molecule has 0 aromatic heterocycles. The van der Waals surface area contributed by atoms with Crippen LogP contribution in [0.5, 0.6) is 0 Å². The molecule has 0 saturated carbocycles. The highest BCUT2D eigenvalue weighted by molar-refractivity contribution is 5.95. The van der Waals surface area contributed by atoms with Crippen LogP contribution in [-0.4, -0.2) is 54.8 Å². The Kier molecular flexibility index (Phi) is 4.19. The number of halogens is 1. The summed E-state index contributed by atoms with van der Waals surface area (Å²) in [5.74, 6) is -0.740. The zero-order chi connectivity index (χ0) is 14.7. The number of carbonyl (C=O) groups excluding carboxylic acids is 2. The first-order valence-corrected chi connectivity index (χ1v) is 6.27. The number of amides is 2. The summed E-state index contributed by atoms with van der Waals surface area (Å²) in [6.07, 6.45) is 0. The molecule has 1 saturated heterocycles. The van der Waals surface area contributed by atoms with E-state index in [1.54, 1.807) is 16.8 Å². The Labute approximate surface area is 116 Å². The normalized spacial score (nSPS) is 16.3. The number of hydrogen-bond acceptors (Lipinski definition) is 4. The van der Waals surface area contributed by atoms with Gasteiger partial charge in [-0.3, -0.25) is 14.5 Å². The van der Waals surface area contributed by atoms with E-state index in [4.69, 9.17) is 5.73 Å². The molecule has 0 spiro atoms. The first-order chi connectivity index (χ1) is 9.45. The third kappa shape index (κ3) is 3.45. The smallest absolute Gasteiger partial charge is 0.238 e. The summed E-state index contributed by atoms with van der Waals surface area (Å²) >= 11 is 0. The summed E-state index contributed by atoms with van der Waals surface area (Å²) in [4.78, 5) is 26.8. The number of nitrogens with zero attached hydrogens (tertiary/aromatic N) is 2. The molecule has 0 unspecified atom stereocenters. The van der Waals surface area contributed by atoms with Crippen LogP contribution in [0.2, 0.25) is 0 Å². The zero-order valence-corrected chi connectivity index (χ0v) is 11.2. The molecule has 2 rings (SSSR count). The largest absolute Gasteiger partial charge is 0.397 e. The monoisotopic (exact) mass is 280 g/mol. The van der Waals surface area contributed by atoms with Gasteiger partial charge in [0.2, 0.25) is 11.8 Å². The van der Waals surface area contributed by atoms with Crippen LogP contribution in [0, 0.1) is 5.82 Å². The van der Waals surface area contributed by atoms with E-state index in [-0.39, 0.29) is 30.6 Å². The summed E-state index contributed by atoms with van der Waals surface area (Å²) in [6.45, 7) is 1.58. The summed E-state index contributed by atoms with van der Waals surface area (Å²) in [6, 6.07) is 3.79. The summed E-state index contributed by atoms with van der Waals surface area (Å²) < 4.78 is 12.9. The van der Waals surface area contributed by atoms with Gasteiger partial charge in [-0.15, -0.1) is 0 Å². The minimum atomic E-state index is -0.454. The minimum absolute atomic E-state index is 0.00894. The van der Waals surface area contributed by atoms with Crippen molar-refractivity contribution < 1.29 is 14.0 Å². The second kappa shape index (κ2) is 5.87. The van der Waals surface area contributed by atoms with Crippen molar-refractivity contribution in [3.63, 3.8) is 0 Å². The molecule has 1 heterocycles. The average Bonchev–Trinajstić information content (AvgIpc) is 2.37. The number of rotatable bonds is 3. The molecule has 1 aromatic rings. The lowest BCUT2D eigenvalue weighted by Crippen LogP contribution is -2.50. The number of nitrogen functional groups attached to an aromatic ring is 1. The fourth-order valence-corrected chi connectivity index (χ4v) is 1.98. The number of benzene rings is 1. The van der Waals surface area contributed by atoms with E-state index < -0.39 is 5.82 Å². The van der Waals surface area contributed by atoms with Crippen molar-refractivity contribution in [1.29, 1.82) is 0 Å². The van der Waals surface area contributed by atoms with Crippen molar-refractivity contribution in [2.75, 3.05) is 44.3 Å². The maximum atomic E-state index is 12.9. The number of nitrogens with one attached hydrogen (secondary N) is 1. The standard InChI is InChI=1S/C13H17FN4O2/c1-17-4-5-18(8-13(17)20)7-12(19)16-11-3-2-9(14)6-10(11)15/h2-3,6H,4-5,7-8,15H2,1H3,(H,16,19). The van der Waals surface area contributed by atoms with Crippen LogP contribution in [0.1, 0.15) is 0 Å². The molecule has 6 nitrogen and oxygen atoms in total. The second-order valence-electron chi connectivity index (χ2n) is 4.81. The van der Waals surface area contributed by atoms with Crippen molar-refractivity contribution in [1.82, 2.24) is 9.80 Å². The quantitative estimate of drug-likeness (QED) is 0.771. The molecule has 2 amide bonds. The van der Waals surface area contributed by atoms with Crippen molar-refractivity contribution >= 4 is 23.2 Å². The SMILES string of the molecule is CN1CCN(CC(=O)Nc2ccc(F)cc2N)CC1=O. The molecule has 0 radical (unpaired) electrons. The molecule has 20 heavy (non-hydrogen) atoms. The average molecular weight is 280 g/mol. The Morgan fingerprint density at radius 2 is 2.20 bits per heavy atom. The maximum Gasteiger partial charge on any atom is 0.238 e. The molecule has 1 aromatic carbocycles. The highest BCUT2D eigenvalue weighted by Gasteiger charge is 2.22. The van der Waals surface area contributed by atoms with E-state index >= 15 is 0 Å². The predicted octanol–water partition coefficient (Wildman–Crippen LogP) is 0.120. The fourth-order valence-electron chi connectivity index (χ4n) is 1.98. The minimum Gasteiger partial charge on any atom is -0.397 e. The fraction of sp³-hybridized carbons (Fsp3) is 0.385. The van der Waals surface area contributed by atoms with Crippen molar-refractivity contribution in [3.05, 3.63) is 24.0 Å². The third-order valence-electron chi connectivity index (χ3n) is 3.19.